The Hall–Kier alpha value is -3.09. The van der Waals surface area contributed by atoms with Gasteiger partial charge < -0.3 is 19.9 Å². The molecular formula is C27H29ClN4O2. The molecule has 1 aliphatic rings. The van der Waals surface area contributed by atoms with Crippen LogP contribution in [0.2, 0.25) is 5.02 Å². The highest BCUT2D eigenvalue weighted by atomic mass is 35.5. The van der Waals surface area contributed by atoms with E-state index in [-0.39, 0.29) is 5.91 Å². The monoisotopic (exact) mass is 476 g/mol. The van der Waals surface area contributed by atoms with Gasteiger partial charge in [-0.3, -0.25) is 9.78 Å². The number of H-pyrrole nitrogens is 1. The molecule has 0 spiro atoms. The average Bonchev–Trinajstić information content (AvgIpc) is 3.29. The minimum absolute atomic E-state index is 0.0706. The zero-order valence-corrected chi connectivity index (χ0v) is 20.1. The Kier molecular flexibility index (Phi) is 6.70. The van der Waals surface area contributed by atoms with Gasteiger partial charge in [0.25, 0.3) is 5.91 Å². The number of pyridine rings is 1. The largest absolute Gasteiger partial charge is 0.494 e. The molecule has 0 bridgehead atoms. The summed E-state index contributed by atoms with van der Waals surface area (Å²) in [5.41, 5.74) is 3.85. The standard InChI is InChI=1S/C27H29ClN4O2/c1-34-25-5-2-4-21-22(8-12-29-26(21)25)27(33)30-11-3-13-32-14-9-18(10-15-32)23-17-31-24-16-19(28)6-7-20(23)24/h2,4-8,12,16-18,31H,3,9-11,13-15H2,1H3,(H,30,33). The van der Waals surface area contributed by atoms with E-state index in [1.165, 1.54) is 10.9 Å². The minimum Gasteiger partial charge on any atom is -0.494 e. The Labute approximate surface area is 204 Å². The number of amides is 1. The van der Waals surface area contributed by atoms with Gasteiger partial charge in [0, 0.05) is 40.3 Å². The second-order valence-corrected chi connectivity index (χ2v) is 9.31. The van der Waals surface area contributed by atoms with E-state index in [9.17, 15) is 4.79 Å². The number of ether oxygens (including phenoxy) is 1. The summed E-state index contributed by atoms with van der Waals surface area (Å²) >= 11 is 6.12. The third-order valence-electron chi connectivity index (χ3n) is 6.84. The fraction of sp³-hybridized carbons (Fsp3) is 0.333. The second kappa shape index (κ2) is 10.0. The summed E-state index contributed by atoms with van der Waals surface area (Å²) < 4.78 is 5.38. The SMILES string of the molecule is COc1cccc2c(C(=O)NCCCN3CCC(c4c[nH]c5cc(Cl)ccc45)CC3)ccnc12. The maximum absolute atomic E-state index is 12.8. The van der Waals surface area contributed by atoms with Crippen LogP contribution in [-0.4, -0.2) is 54.1 Å². The predicted octanol–water partition coefficient (Wildman–Crippen LogP) is 5.38. The number of nitrogens with one attached hydrogen (secondary N) is 2. The number of aromatic nitrogens is 2. The number of benzene rings is 2. The number of carbonyl (C=O) groups excluding carboxylic acids is 1. The van der Waals surface area contributed by atoms with Crippen molar-refractivity contribution >= 4 is 39.3 Å². The van der Waals surface area contributed by atoms with Gasteiger partial charge in [-0.25, -0.2) is 0 Å². The summed E-state index contributed by atoms with van der Waals surface area (Å²) in [6.07, 6.45) is 7.02. The molecule has 2 N–H and O–H groups in total. The van der Waals surface area contributed by atoms with Crippen LogP contribution in [-0.2, 0) is 0 Å². The van der Waals surface area contributed by atoms with E-state index in [0.717, 1.165) is 54.8 Å². The van der Waals surface area contributed by atoms with Crippen LogP contribution in [0.4, 0.5) is 0 Å². The fourth-order valence-electron chi connectivity index (χ4n) is 5.04. The zero-order valence-electron chi connectivity index (χ0n) is 19.3. The molecule has 0 atom stereocenters. The summed E-state index contributed by atoms with van der Waals surface area (Å²) in [5, 5.41) is 5.93. The number of fused-ring (bicyclic) bond motifs is 2. The van der Waals surface area contributed by atoms with Crippen molar-refractivity contribution in [3.05, 3.63) is 71.0 Å². The van der Waals surface area contributed by atoms with E-state index in [4.69, 9.17) is 16.3 Å². The molecule has 7 heteroatoms. The first-order valence-corrected chi connectivity index (χ1v) is 12.2. The molecule has 0 aliphatic carbocycles. The van der Waals surface area contributed by atoms with Crippen molar-refractivity contribution in [1.29, 1.82) is 0 Å². The summed E-state index contributed by atoms with van der Waals surface area (Å²) in [6, 6.07) is 13.5. The first kappa shape index (κ1) is 22.7. The summed E-state index contributed by atoms with van der Waals surface area (Å²) in [6.45, 7) is 3.79. The number of carbonyl (C=O) groups is 1. The van der Waals surface area contributed by atoms with Crippen molar-refractivity contribution in [3.8, 4) is 5.75 Å². The van der Waals surface area contributed by atoms with E-state index >= 15 is 0 Å². The lowest BCUT2D eigenvalue weighted by Crippen LogP contribution is -2.35. The molecule has 4 aromatic rings. The van der Waals surface area contributed by atoms with Gasteiger partial charge in [0.2, 0.25) is 0 Å². The van der Waals surface area contributed by atoms with E-state index in [1.54, 1.807) is 19.4 Å². The van der Waals surface area contributed by atoms with Crippen LogP contribution in [0.15, 0.2) is 54.9 Å². The van der Waals surface area contributed by atoms with Crippen molar-refractivity contribution < 1.29 is 9.53 Å². The Balaban J connectivity index is 1.11. The molecule has 3 heterocycles. The fourth-order valence-corrected chi connectivity index (χ4v) is 5.21. The number of aromatic amines is 1. The predicted molar refractivity (Wildman–Crippen MR) is 137 cm³/mol. The molecule has 0 saturated carbocycles. The molecule has 176 valence electrons. The van der Waals surface area contributed by atoms with Gasteiger partial charge in [0.1, 0.15) is 11.3 Å². The number of nitrogens with zero attached hydrogens (tertiary/aromatic N) is 2. The number of halogens is 1. The summed E-state index contributed by atoms with van der Waals surface area (Å²) in [5.74, 6) is 1.17. The number of piperidine rings is 1. The van der Waals surface area contributed by atoms with Gasteiger partial charge in [0.15, 0.2) is 0 Å². The lowest BCUT2D eigenvalue weighted by Gasteiger charge is -2.32. The molecule has 2 aromatic carbocycles. The topological polar surface area (TPSA) is 70.2 Å². The zero-order chi connectivity index (χ0) is 23.5. The smallest absolute Gasteiger partial charge is 0.252 e. The maximum atomic E-state index is 12.8. The number of likely N-dealkylation sites (tertiary alicyclic amines) is 1. The molecule has 1 saturated heterocycles. The van der Waals surface area contributed by atoms with Crippen molar-refractivity contribution in [2.24, 2.45) is 0 Å². The Morgan fingerprint density at radius 2 is 2.06 bits per heavy atom. The van der Waals surface area contributed by atoms with Crippen molar-refractivity contribution in [2.75, 3.05) is 33.3 Å². The van der Waals surface area contributed by atoms with Crippen LogP contribution in [0.1, 0.15) is 41.1 Å². The van der Waals surface area contributed by atoms with Crippen molar-refractivity contribution in [2.45, 2.75) is 25.2 Å². The van der Waals surface area contributed by atoms with Gasteiger partial charge >= 0.3 is 0 Å². The van der Waals surface area contributed by atoms with Gasteiger partial charge in [-0.1, -0.05) is 29.8 Å². The number of rotatable bonds is 7. The van der Waals surface area contributed by atoms with Crippen molar-refractivity contribution in [1.82, 2.24) is 20.2 Å². The lowest BCUT2D eigenvalue weighted by atomic mass is 9.89. The molecule has 0 unspecified atom stereocenters. The van der Waals surface area contributed by atoms with Gasteiger partial charge in [0.05, 0.1) is 12.7 Å². The molecule has 34 heavy (non-hydrogen) atoms. The van der Waals surface area contributed by atoms with Gasteiger partial charge in [-0.2, -0.15) is 0 Å². The van der Waals surface area contributed by atoms with Crippen LogP contribution in [0, 0.1) is 0 Å². The minimum atomic E-state index is -0.0706. The molecular weight excluding hydrogens is 448 g/mol. The van der Waals surface area contributed by atoms with E-state index in [1.807, 2.05) is 30.3 Å². The first-order valence-electron chi connectivity index (χ1n) is 11.8. The number of methoxy groups -OCH3 is 1. The number of hydrogen-bond donors (Lipinski definition) is 2. The quantitative estimate of drug-likeness (QED) is 0.351. The lowest BCUT2D eigenvalue weighted by molar-refractivity contribution is 0.0952. The highest BCUT2D eigenvalue weighted by Gasteiger charge is 2.22. The molecule has 2 aromatic heterocycles. The third kappa shape index (κ3) is 4.61. The maximum Gasteiger partial charge on any atom is 0.252 e. The van der Waals surface area contributed by atoms with Gasteiger partial charge in [-0.15, -0.1) is 0 Å². The second-order valence-electron chi connectivity index (χ2n) is 8.87. The van der Waals surface area contributed by atoms with Crippen LogP contribution < -0.4 is 10.1 Å². The molecule has 1 amide bonds. The van der Waals surface area contributed by atoms with Crippen molar-refractivity contribution in [3.63, 3.8) is 0 Å². The Morgan fingerprint density at radius 1 is 1.21 bits per heavy atom. The number of para-hydroxylation sites is 1. The van der Waals surface area contributed by atoms with Crippen LogP contribution >= 0.6 is 11.6 Å². The molecule has 5 rings (SSSR count). The van der Waals surface area contributed by atoms with Crippen LogP contribution in [0.25, 0.3) is 21.8 Å². The average molecular weight is 477 g/mol. The third-order valence-corrected chi connectivity index (χ3v) is 7.07. The van der Waals surface area contributed by atoms with Crippen LogP contribution in [0.3, 0.4) is 0 Å². The molecule has 6 nitrogen and oxygen atoms in total. The van der Waals surface area contributed by atoms with Crippen LogP contribution in [0.5, 0.6) is 5.75 Å². The van der Waals surface area contributed by atoms with Gasteiger partial charge in [-0.05, 0) is 74.6 Å². The van der Waals surface area contributed by atoms with E-state index in [0.29, 0.717) is 29.3 Å². The Morgan fingerprint density at radius 3 is 2.88 bits per heavy atom. The highest BCUT2D eigenvalue weighted by Crippen LogP contribution is 2.34. The molecule has 1 aliphatic heterocycles. The number of hydrogen-bond acceptors (Lipinski definition) is 4. The summed E-state index contributed by atoms with van der Waals surface area (Å²) in [4.78, 5) is 23.1. The van der Waals surface area contributed by atoms with E-state index < -0.39 is 0 Å². The Bertz CT molecular complexity index is 1310. The summed E-state index contributed by atoms with van der Waals surface area (Å²) in [7, 11) is 1.61. The first-order chi connectivity index (χ1) is 16.6. The van der Waals surface area contributed by atoms with E-state index in [2.05, 4.69) is 32.4 Å². The molecule has 0 radical (unpaired) electrons. The normalized spacial score (nSPS) is 15.1. The molecule has 1 fully saturated rings. The highest BCUT2D eigenvalue weighted by molar-refractivity contribution is 6.31.